The quantitative estimate of drug-likeness (QED) is 0.844. The Labute approximate surface area is 130 Å². The van der Waals surface area contributed by atoms with Crippen molar-refractivity contribution < 1.29 is 9.18 Å². The van der Waals surface area contributed by atoms with Crippen molar-refractivity contribution in [3.05, 3.63) is 55.4 Å². The summed E-state index contributed by atoms with van der Waals surface area (Å²) in [4.78, 5) is 14.6. The van der Waals surface area contributed by atoms with Crippen LogP contribution in [0.4, 0.5) is 4.39 Å². The zero-order valence-corrected chi connectivity index (χ0v) is 13.9. The van der Waals surface area contributed by atoms with Gasteiger partial charge < -0.3 is 5.32 Å². The maximum Gasteiger partial charge on any atom is 0.255 e. The van der Waals surface area contributed by atoms with Gasteiger partial charge in [-0.3, -0.25) is 4.79 Å². The van der Waals surface area contributed by atoms with E-state index in [1.54, 1.807) is 23.5 Å². The number of carbonyl (C=O) groups is 1. The molecule has 0 saturated carbocycles. The molecule has 1 unspecified atom stereocenters. The normalized spacial score (nSPS) is 12.2. The molecule has 1 heterocycles. The molecule has 5 heteroatoms. The number of aryl methyl sites for hydroxylation is 2. The van der Waals surface area contributed by atoms with Crippen LogP contribution in [0.2, 0.25) is 0 Å². The standard InChI is InChI=1S/C15H15BrFNOS/c1-8-7-11(10(3)20-8)9(2)18-15(19)14-12(16)5-4-6-13(14)17/h4-7,9H,1-3H3,(H,18,19). The molecule has 1 aromatic heterocycles. The molecule has 1 aromatic carbocycles. The minimum absolute atomic E-state index is 0.0453. The molecule has 0 radical (unpaired) electrons. The van der Waals surface area contributed by atoms with Crippen LogP contribution in [-0.2, 0) is 0 Å². The lowest BCUT2D eigenvalue weighted by molar-refractivity contribution is 0.0935. The second-order valence-electron chi connectivity index (χ2n) is 4.66. The maximum absolute atomic E-state index is 13.7. The zero-order valence-electron chi connectivity index (χ0n) is 11.5. The van der Waals surface area contributed by atoms with Crippen LogP contribution in [0.3, 0.4) is 0 Å². The van der Waals surface area contributed by atoms with Crippen LogP contribution in [0.5, 0.6) is 0 Å². The lowest BCUT2D eigenvalue weighted by atomic mass is 10.1. The summed E-state index contributed by atoms with van der Waals surface area (Å²) in [6.45, 7) is 5.96. The highest BCUT2D eigenvalue weighted by molar-refractivity contribution is 9.10. The van der Waals surface area contributed by atoms with Crippen LogP contribution in [0, 0.1) is 19.7 Å². The molecule has 0 fully saturated rings. The second-order valence-corrected chi connectivity index (χ2v) is 6.98. The molecule has 1 N–H and O–H groups in total. The Morgan fingerprint density at radius 2 is 2.10 bits per heavy atom. The summed E-state index contributed by atoms with van der Waals surface area (Å²) in [5.41, 5.74) is 1.12. The number of halogens is 2. The zero-order chi connectivity index (χ0) is 14.9. The fraction of sp³-hybridized carbons (Fsp3) is 0.267. The number of hydrogen-bond donors (Lipinski definition) is 1. The van der Waals surface area contributed by atoms with Gasteiger partial charge in [0, 0.05) is 14.2 Å². The number of nitrogens with one attached hydrogen (secondary N) is 1. The fourth-order valence-corrected chi connectivity index (χ4v) is 3.69. The summed E-state index contributed by atoms with van der Waals surface area (Å²) in [5, 5.41) is 2.85. The van der Waals surface area contributed by atoms with Gasteiger partial charge in [0.15, 0.2) is 0 Å². The predicted octanol–water partition coefficient (Wildman–Crippen LogP) is 4.76. The molecule has 0 aliphatic rings. The Balaban J connectivity index is 2.22. The number of benzene rings is 1. The smallest absolute Gasteiger partial charge is 0.255 e. The Morgan fingerprint density at radius 1 is 1.40 bits per heavy atom. The SMILES string of the molecule is Cc1cc(C(C)NC(=O)c2c(F)cccc2Br)c(C)s1. The number of carbonyl (C=O) groups excluding carboxylic acids is 1. The first-order valence-corrected chi connectivity index (χ1v) is 7.83. The minimum atomic E-state index is -0.526. The summed E-state index contributed by atoms with van der Waals surface area (Å²) < 4.78 is 14.2. The molecule has 1 amide bonds. The summed E-state index contributed by atoms with van der Waals surface area (Å²) in [6.07, 6.45) is 0. The molecule has 1 atom stereocenters. The highest BCUT2D eigenvalue weighted by Gasteiger charge is 2.19. The van der Waals surface area contributed by atoms with Gasteiger partial charge in [-0.25, -0.2) is 4.39 Å². The van der Waals surface area contributed by atoms with Crippen molar-refractivity contribution >= 4 is 33.2 Å². The van der Waals surface area contributed by atoms with Crippen molar-refractivity contribution in [3.63, 3.8) is 0 Å². The van der Waals surface area contributed by atoms with Crippen molar-refractivity contribution in [3.8, 4) is 0 Å². The number of thiophene rings is 1. The molecule has 0 bridgehead atoms. The Bertz CT molecular complexity index is 633. The highest BCUT2D eigenvalue weighted by Crippen LogP contribution is 2.27. The van der Waals surface area contributed by atoms with E-state index in [0.29, 0.717) is 4.47 Å². The van der Waals surface area contributed by atoms with E-state index in [0.717, 1.165) is 5.56 Å². The monoisotopic (exact) mass is 355 g/mol. The molecule has 2 nitrogen and oxygen atoms in total. The average molecular weight is 356 g/mol. The number of amides is 1. The van der Waals surface area contributed by atoms with E-state index in [4.69, 9.17) is 0 Å². The van der Waals surface area contributed by atoms with Crippen molar-refractivity contribution in [1.29, 1.82) is 0 Å². The molecule has 0 aliphatic heterocycles. The lowest BCUT2D eigenvalue weighted by Crippen LogP contribution is -2.27. The topological polar surface area (TPSA) is 29.1 Å². The van der Waals surface area contributed by atoms with E-state index in [2.05, 4.69) is 27.3 Å². The van der Waals surface area contributed by atoms with Crippen LogP contribution < -0.4 is 5.32 Å². The van der Waals surface area contributed by atoms with Gasteiger partial charge in [0.1, 0.15) is 5.82 Å². The van der Waals surface area contributed by atoms with Crippen molar-refractivity contribution in [2.24, 2.45) is 0 Å². The summed E-state index contributed by atoms with van der Waals surface area (Å²) in [5.74, 6) is -0.937. The van der Waals surface area contributed by atoms with Gasteiger partial charge in [-0.05, 0) is 60.5 Å². The van der Waals surface area contributed by atoms with E-state index < -0.39 is 11.7 Å². The first-order chi connectivity index (χ1) is 9.40. The van der Waals surface area contributed by atoms with Crippen LogP contribution in [0.15, 0.2) is 28.7 Å². The van der Waals surface area contributed by atoms with Crippen molar-refractivity contribution in [2.45, 2.75) is 26.8 Å². The van der Waals surface area contributed by atoms with E-state index in [1.807, 2.05) is 20.8 Å². The van der Waals surface area contributed by atoms with E-state index in [-0.39, 0.29) is 11.6 Å². The number of hydrogen-bond acceptors (Lipinski definition) is 2. The molecule has 0 saturated heterocycles. The van der Waals surface area contributed by atoms with Gasteiger partial charge in [0.05, 0.1) is 11.6 Å². The van der Waals surface area contributed by atoms with Gasteiger partial charge in [0.2, 0.25) is 0 Å². The summed E-state index contributed by atoms with van der Waals surface area (Å²) >= 11 is 4.91. The predicted molar refractivity (Wildman–Crippen MR) is 83.8 cm³/mol. The molecule has 0 aliphatic carbocycles. The first-order valence-electron chi connectivity index (χ1n) is 6.22. The third-order valence-corrected chi connectivity index (χ3v) is 4.73. The molecular weight excluding hydrogens is 341 g/mol. The van der Waals surface area contributed by atoms with Crippen molar-refractivity contribution in [2.75, 3.05) is 0 Å². The molecule has 106 valence electrons. The Morgan fingerprint density at radius 3 is 2.65 bits per heavy atom. The Kier molecular flexibility index (Phi) is 4.60. The second kappa shape index (κ2) is 6.06. The Hall–Kier alpha value is -1.20. The largest absolute Gasteiger partial charge is 0.345 e. The number of rotatable bonds is 3. The molecule has 20 heavy (non-hydrogen) atoms. The lowest BCUT2D eigenvalue weighted by Gasteiger charge is -2.15. The third-order valence-electron chi connectivity index (χ3n) is 3.08. The molecule has 2 rings (SSSR count). The van der Waals surface area contributed by atoms with Gasteiger partial charge in [-0.1, -0.05) is 6.07 Å². The van der Waals surface area contributed by atoms with E-state index in [9.17, 15) is 9.18 Å². The van der Waals surface area contributed by atoms with E-state index >= 15 is 0 Å². The third kappa shape index (κ3) is 3.10. The summed E-state index contributed by atoms with van der Waals surface area (Å²) in [7, 11) is 0. The van der Waals surface area contributed by atoms with Crippen molar-refractivity contribution in [1.82, 2.24) is 5.32 Å². The van der Waals surface area contributed by atoms with Gasteiger partial charge in [0.25, 0.3) is 5.91 Å². The maximum atomic E-state index is 13.7. The highest BCUT2D eigenvalue weighted by atomic mass is 79.9. The summed E-state index contributed by atoms with van der Waals surface area (Å²) in [6, 6.07) is 6.40. The van der Waals surface area contributed by atoms with Crippen LogP contribution in [-0.4, -0.2) is 5.91 Å². The molecular formula is C15H15BrFNOS. The fourth-order valence-electron chi connectivity index (χ4n) is 2.14. The van der Waals surface area contributed by atoms with Gasteiger partial charge >= 0.3 is 0 Å². The molecule has 2 aromatic rings. The first kappa shape index (κ1) is 15.2. The minimum Gasteiger partial charge on any atom is -0.345 e. The van der Waals surface area contributed by atoms with Gasteiger partial charge in [-0.15, -0.1) is 11.3 Å². The van der Waals surface area contributed by atoms with Crippen LogP contribution in [0.25, 0.3) is 0 Å². The average Bonchev–Trinajstić information content (AvgIpc) is 2.68. The van der Waals surface area contributed by atoms with Gasteiger partial charge in [-0.2, -0.15) is 0 Å². The van der Waals surface area contributed by atoms with Crippen LogP contribution in [0.1, 0.15) is 38.6 Å². The van der Waals surface area contributed by atoms with E-state index in [1.165, 1.54) is 15.8 Å². The van der Waals surface area contributed by atoms with Crippen LogP contribution >= 0.6 is 27.3 Å². The molecule has 0 spiro atoms.